The molecule has 0 N–H and O–H groups in total. The molecule has 3 heteroatoms. The smallest absolute Gasteiger partial charge is 0.123 e. The van der Waals surface area contributed by atoms with E-state index in [1.54, 1.807) is 17.4 Å². The zero-order valence-electron chi connectivity index (χ0n) is 11.2. The quantitative estimate of drug-likeness (QED) is 0.765. The summed E-state index contributed by atoms with van der Waals surface area (Å²) in [5, 5.41) is 9.26. The van der Waals surface area contributed by atoms with E-state index in [1.165, 1.54) is 6.07 Å². The van der Waals surface area contributed by atoms with E-state index in [2.05, 4.69) is 6.07 Å². The van der Waals surface area contributed by atoms with Gasteiger partial charge in [0.25, 0.3) is 0 Å². The van der Waals surface area contributed by atoms with Crippen LogP contribution in [0.25, 0.3) is 16.5 Å². The van der Waals surface area contributed by atoms with E-state index in [0.29, 0.717) is 0 Å². The van der Waals surface area contributed by atoms with E-state index in [9.17, 15) is 9.65 Å². The van der Waals surface area contributed by atoms with Crippen LogP contribution in [0.2, 0.25) is 0 Å². The number of hydrogen-bond acceptors (Lipinski definition) is 2. The second kappa shape index (κ2) is 4.88. The van der Waals surface area contributed by atoms with Crippen molar-refractivity contribution in [2.45, 2.75) is 25.2 Å². The van der Waals surface area contributed by atoms with Crippen molar-refractivity contribution in [3.05, 3.63) is 52.7 Å². The van der Waals surface area contributed by atoms with Gasteiger partial charge in [0.05, 0.1) is 11.5 Å². The van der Waals surface area contributed by atoms with Gasteiger partial charge in [-0.05, 0) is 55.2 Å². The van der Waals surface area contributed by atoms with E-state index in [1.807, 2.05) is 37.3 Å². The molecule has 1 aromatic carbocycles. The maximum atomic E-state index is 13.4. The number of thiophene rings is 1. The molecule has 0 radical (unpaired) electrons. The van der Waals surface area contributed by atoms with Crippen molar-refractivity contribution >= 4 is 17.4 Å². The topological polar surface area (TPSA) is 23.8 Å². The van der Waals surface area contributed by atoms with Crippen molar-refractivity contribution < 1.29 is 4.39 Å². The van der Waals surface area contributed by atoms with Gasteiger partial charge in [0.2, 0.25) is 0 Å². The zero-order chi connectivity index (χ0) is 14.2. The Morgan fingerprint density at radius 1 is 1.30 bits per heavy atom. The Hall–Kier alpha value is -1.92. The van der Waals surface area contributed by atoms with Crippen LogP contribution in [0.5, 0.6) is 0 Å². The lowest BCUT2D eigenvalue weighted by Crippen LogP contribution is -1.97. The molecule has 1 heterocycles. The van der Waals surface area contributed by atoms with Crippen LogP contribution >= 0.6 is 11.3 Å². The first-order valence-corrected chi connectivity index (χ1v) is 7.44. The number of nitrogens with zero attached hydrogens (tertiary/aromatic N) is 1. The predicted octanol–water partition coefficient (Wildman–Crippen LogP) is 5.14. The maximum Gasteiger partial charge on any atom is 0.123 e. The van der Waals surface area contributed by atoms with Gasteiger partial charge < -0.3 is 0 Å². The van der Waals surface area contributed by atoms with Crippen LogP contribution in [0.3, 0.4) is 0 Å². The molecule has 0 atom stereocenters. The zero-order valence-corrected chi connectivity index (χ0v) is 12.0. The lowest BCUT2D eigenvalue weighted by Gasteiger charge is -2.04. The second-order valence-electron chi connectivity index (χ2n) is 5.09. The summed E-state index contributed by atoms with van der Waals surface area (Å²) in [6, 6.07) is 11.3. The summed E-state index contributed by atoms with van der Waals surface area (Å²) in [6.07, 6.45) is 5.72. The number of nitriles is 1. The van der Waals surface area contributed by atoms with Crippen molar-refractivity contribution in [1.82, 2.24) is 0 Å². The first-order chi connectivity index (χ1) is 9.68. The molecule has 100 valence electrons. The number of rotatable bonds is 3. The summed E-state index contributed by atoms with van der Waals surface area (Å²) in [4.78, 5) is 2.22. The Morgan fingerprint density at radius 2 is 2.10 bits per heavy atom. The van der Waals surface area contributed by atoms with Crippen molar-refractivity contribution in [3.8, 4) is 16.5 Å². The highest BCUT2D eigenvalue weighted by Crippen LogP contribution is 2.51. The number of allylic oxidation sites excluding steroid dienone is 1. The largest absolute Gasteiger partial charge is 0.207 e. The Kier molecular flexibility index (Phi) is 3.19. The third kappa shape index (κ3) is 2.17. The molecule has 1 nitrogen and oxygen atoms in total. The maximum absolute atomic E-state index is 13.4. The number of halogens is 1. The van der Waals surface area contributed by atoms with Crippen molar-refractivity contribution in [1.29, 1.82) is 5.26 Å². The van der Waals surface area contributed by atoms with Gasteiger partial charge in [-0.3, -0.25) is 0 Å². The molecule has 1 aliphatic rings. The average Bonchev–Trinajstić information content (AvgIpc) is 3.10. The molecule has 3 rings (SSSR count). The molecule has 1 fully saturated rings. The monoisotopic (exact) mass is 283 g/mol. The predicted molar refractivity (Wildman–Crippen MR) is 80.9 cm³/mol. The molecule has 1 saturated carbocycles. The van der Waals surface area contributed by atoms with E-state index in [4.69, 9.17) is 0 Å². The number of benzene rings is 1. The van der Waals surface area contributed by atoms with Crippen LogP contribution in [0.4, 0.5) is 4.39 Å². The summed E-state index contributed by atoms with van der Waals surface area (Å²) in [5.74, 6) is -0.227. The van der Waals surface area contributed by atoms with Crippen molar-refractivity contribution in [2.75, 3.05) is 0 Å². The third-order valence-corrected chi connectivity index (χ3v) is 4.99. The molecule has 1 aliphatic carbocycles. The second-order valence-corrected chi connectivity index (χ2v) is 6.17. The molecule has 0 spiro atoms. The molecule has 20 heavy (non-hydrogen) atoms. The average molecular weight is 283 g/mol. The highest BCUT2D eigenvalue weighted by Gasteiger charge is 2.46. The minimum Gasteiger partial charge on any atom is -0.207 e. The molecule has 0 amide bonds. The summed E-state index contributed by atoms with van der Waals surface area (Å²) < 4.78 is 13.4. The van der Waals surface area contributed by atoms with Crippen LogP contribution in [0, 0.1) is 17.1 Å². The van der Waals surface area contributed by atoms with Gasteiger partial charge in [-0.15, -0.1) is 11.3 Å². The standard InChI is InChI=1S/C17H14FNS/c1-2-3-12-10-13(18)4-5-14(12)15-6-7-16(20-15)17(11-19)8-9-17/h2-7,10H,8-9H2,1H3/b3-2+. The third-order valence-electron chi connectivity index (χ3n) is 3.67. The molecule has 0 bridgehead atoms. The molecular weight excluding hydrogens is 269 g/mol. The van der Waals surface area contributed by atoms with Gasteiger partial charge in [-0.2, -0.15) is 5.26 Å². The minimum absolute atomic E-state index is 0.227. The molecule has 2 aromatic rings. The summed E-state index contributed by atoms with van der Waals surface area (Å²) in [6.45, 7) is 1.92. The minimum atomic E-state index is -0.246. The molecule has 0 saturated heterocycles. The Bertz CT molecular complexity index is 717. The van der Waals surface area contributed by atoms with E-state index in [0.717, 1.165) is 33.7 Å². The van der Waals surface area contributed by atoms with Gasteiger partial charge in [-0.25, -0.2) is 4.39 Å². The fourth-order valence-electron chi connectivity index (χ4n) is 2.35. The lowest BCUT2D eigenvalue weighted by atomic mass is 10.0. The van der Waals surface area contributed by atoms with Crippen molar-refractivity contribution in [3.63, 3.8) is 0 Å². The van der Waals surface area contributed by atoms with Gasteiger partial charge in [0.1, 0.15) is 5.82 Å². The summed E-state index contributed by atoms with van der Waals surface area (Å²) in [7, 11) is 0. The highest BCUT2D eigenvalue weighted by atomic mass is 32.1. The van der Waals surface area contributed by atoms with Crippen molar-refractivity contribution in [2.24, 2.45) is 0 Å². The lowest BCUT2D eigenvalue weighted by molar-refractivity contribution is 0.627. The van der Waals surface area contributed by atoms with Gasteiger partial charge in [-0.1, -0.05) is 18.2 Å². The molecule has 0 aliphatic heterocycles. The van der Waals surface area contributed by atoms with Crippen LogP contribution in [0.15, 0.2) is 36.4 Å². The fourth-order valence-corrected chi connectivity index (χ4v) is 3.60. The molecule has 0 unspecified atom stereocenters. The van der Waals surface area contributed by atoms with Gasteiger partial charge in [0, 0.05) is 9.75 Å². The SMILES string of the molecule is C/C=C/c1cc(F)ccc1-c1ccc(C2(C#N)CC2)s1. The summed E-state index contributed by atoms with van der Waals surface area (Å²) >= 11 is 1.65. The Morgan fingerprint density at radius 3 is 2.75 bits per heavy atom. The normalized spacial score (nSPS) is 16.2. The van der Waals surface area contributed by atoms with Crippen LogP contribution in [-0.2, 0) is 5.41 Å². The Balaban J connectivity index is 2.04. The Labute approximate surface area is 122 Å². The van der Waals surface area contributed by atoms with Crippen LogP contribution in [0.1, 0.15) is 30.2 Å². The molecular formula is C17H14FNS. The number of hydrogen-bond donors (Lipinski definition) is 0. The van der Waals surface area contributed by atoms with E-state index in [-0.39, 0.29) is 11.2 Å². The van der Waals surface area contributed by atoms with E-state index >= 15 is 0 Å². The van der Waals surface area contributed by atoms with Gasteiger partial charge in [0.15, 0.2) is 0 Å². The first kappa shape index (κ1) is 13.1. The highest BCUT2D eigenvalue weighted by molar-refractivity contribution is 7.15. The summed E-state index contributed by atoms with van der Waals surface area (Å²) in [5.41, 5.74) is 1.65. The fraction of sp³-hybridized carbons (Fsp3) is 0.235. The first-order valence-electron chi connectivity index (χ1n) is 6.63. The molecule has 1 aromatic heterocycles. The van der Waals surface area contributed by atoms with Crippen LogP contribution in [-0.4, -0.2) is 0 Å². The van der Waals surface area contributed by atoms with Gasteiger partial charge >= 0.3 is 0 Å². The van der Waals surface area contributed by atoms with Crippen LogP contribution < -0.4 is 0 Å². The van der Waals surface area contributed by atoms with E-state index < -0.39 is 0 Å².